The van der Waals surface area contributed by atoms with Crippen molar-refractivity contribution in [2.45, 2.75) is 31.6 Å². The van der Waals surface area contributed by atoms with Crippen LogP contribution >= 0.6 is 11.6 Å². The molecule has 0 bridgehead atoms. The molecule has 1 N–H and O–H groups in total. The Labute approximate surface area is 149 Å². The molecule has 0 aliphatic heterocycles. The van der Waals surface area contributed by atoms with E-state index in [1.54, 1.807) is 31.2 Å². The maximum atomic E-state index is 12.5. The molecule has 24 heavy (non-hydrogen) atoms. The molecule has 0 heterocycles. The number of aryl methyl sites for hydroxylation is 1. The highest BCUT2D eigenvalue weighted by Gasteiger charge is 2.15. The van der Waals surface area contributed by atoms with Crippen LogP contribution in [0.3, 0.4) is 0 Å². The predicted molar refractivity (Wildman–Crippen MR) is 102 cm³/mol. The number of rotatable bonds is 7. The SMILES string of the molecule is CCCCN(C)c1ccc(NS(=O)(=O)c2ccc(Cl)c(C)c2)cc1. The standard InChI is InChI=1S/C18H23ClN2O2S/c1-4-5-12-21(3)16-8-6-15(7-9-16)20-24(22,23)17-10-11-18(19)14(2)13-17/h6-11,13,20H,4-5,12H2,1-3H3. The molecule has 2 rings (SSSR count). The molecule has 0 unspecified atom stereocenters. The van der Waals surface area contributed by atoms with E-state index in [1.165, 1.54) is 6.07 Å². The number of nitrogens with zero attached hydrogens (tertiary/aromatic N) is 1. The number of halogens is 1. The summed E-state index contributed by atoms with van der Waals surface area (Å²) in [6.07, 6.45) is 2.27. The Balaban J connectivity index is 2.13. The number of unbranched alkanes of at least 4 members (excludes halogenated alkanes) is 1. The summed E-state index contributed by atoms with van der Waals surface area (Å²) in [6.45, 7) is 4.91. The van der Waals surface area contributed by atoms with Gasteiger partial charge in [0, 0.05) is 30.0 Å². The molecule has 6 heteroatoms. The van der Waals surface area contributed by atoms with Crippen molar-refractivity contribution in [3.05, 3.63) is 53.1 Å². The highest BCUT2D eigenvalue weighted by Crippen LogP contribution is 2.23. The van der Waals surface area contributed by atoms with Gasteiger partial charge in [-0.3, -0.25) is 4.72 Å². The minimum absolute atomic E-state index is 0.202. The Morgan fingerprint density at radius 1 is 1.12 bits per heavy atom. The van der Waals surface area contributed by atoms with Crippen LogP contribution in [0.2, 0.25) is 5.02 Å². The zero-order valence-corrected chi connectivity index (χ0v) is 15.8. The van der Waals surface area contributed by atoms with E-state index in [0.717, 1.165) is 30.6 Å². The molecule has 0 atom stereocenters. The zero-order valence-electron chi connectivity index (χ0n) is 14.2. The first-order chi connectivity index (χ1) is 11.3. The minimum atomic E-state index is -3.62. The van der Waals surface area contributed by atoms with Gasteiger partial charge >= 0.3 is 0 Å². The minimum Gasteiger partial charge on any atom is -0.375 e. The second kappa shape index (κ2) is 7.90. The van der Waals surface area contributed by atoms with E-state index in [1.807, 2.05) is 19.2 Å². The Morgan fingerprint density at radius 2 is 1.79 bits per heavy atom. The number of sulfonamides is 1. The fraction of sp³-hybridized carbons (Fsp3) is 0.333. The van der Waals surface area contributed by atoms with Crippen molar-refractivity contribution in [2.24, 2.45) is 0 Å². The van der Waals surface area contributed by atoms with E-state index in [2.05, 4.69) is 16.5 Å². The van der Waals surface area contributed by atoms with Gasteiger partial charge in [0.15, 0.2) is 0 Å². The molecular formula is C18H23ClN2O2S. The van der Waals surface area contributed by atoms with Crippen molar-refractivity contribution in [2.75, 3.05) is 23.2 Å². The second-order valence-corrected chi connectivity index (χ2v) is 7.93. The molecular weight excluding hydrogens is 344 g/mol. The fourth-order valence-corrected chi connectivity index (χ4v) is 3.57. The first-order valence-electron chi connectivity index (χ1n) is 7.93. The third kappa shape index (κ3) is 4.65. The van der Waals surface area contributed by atoms with Gasteiger partial charge in [-0.1, -0.05) is 24.9 Å². The van der Waals surface area contributed by atoms with E-state index in [9.17, 15) is 8.42 Å². The van der Waals surface area contributed by atoms with Crippen LogP contribution in [0.5, 0.6) is 0 Å². The molecule has 0 amide bonds. The number of hydrogen-bond donors (Lipinski definition) is 1. The Bertz CT molecular complexity index is 789. The van der Waals surface area contributed by atoms with Crippen LogP contribution in [0.4, 0.5) is 11.4 Å². The maximum Gasteiger partial charge on any atom is 0.261 e. The summed E-state index contributed by atoms with van der Waals surface area (Å²) < 4.78 is 27.5. The van der Waals surface area contributed by atoms with E-state index >= 15 is 0 Å². The molecule has 4 nitrogen and oxygen atoms in total. The smallest absolute Gasteiger partial charge is 0.261 e. The third-order valence-corrected chi connectivity index (χ3v) is 5.65. The predicted octanol–water partition coefficient (Wildman–Crippen LogP) is 4.69. The summed E-state index contributed by atoms with van der Waals surface area (Å²) in [4.78, 5) is 2.36. The molecule has 0 fully saturated rings. The maximum absolute atomic E-state index is 12.5. The monoisotopic (exact) mass is 366 g/mol. The third-order valence-electron chi connectivity index (χ3n) is 3.85. The van der Waals surface area contributed by atoms with Crippen LogP contribution < -0.4 is 9.62 Å². The quantitative estimate of drug-likeness (QED) is 0.773. The van der Waals surface area contributed by atoms with Gasteiger partial charge in [0.05, 0.1) is 4.90 Å². The summed E-state index contributed by atoms with van der Waals surface area (Å²) in [5.74, 6) is 0. The number of nitrogens with one attached hydrogen (secondary N) is 1. The molecule has 0 aliphatic carbocycles. The zero-order chi connectivity index (χ0) is 17.7. The Morgan fingerprint density at radius 3 is 2.38 bits per heavy atom. The van der Waals surface area contributed by atoms with Gasteiger partial charge in [0.25, 0.3) is 10.0 Å². The highest BCUT2D eigenvalue weighted by atomic mass is 35.5. The van der Waals surface area contributed by atoms with Gasteiger partial charge in [0.2, 0.25) is 0 Å². The van der Waals surface area contributed by atoms with Crippen molar-refractivity contribution >= 4 is 33.0 Å². The normalized spacial score (nSPS) is 11.3. The first-order valence-corrected chi connectivity index (χ1v) is 9.80. The van der Waals surface area contributed by atoms with Crippen LogP contribution in [0.15, 0.2) is 47.4 Å². The molecule has 0 radical (unpaired) electrons. The molecule has 0 aliphatic rings. The summed E-state index contributed by atoms with van der Waals surface area (Å²) in [6, 6.07) is 12.1. The van der Waals surface area contributed by atoms with Crippen molar-refractivity contribution in [3.8, 4) is 0 Å². The highest BCUT2D eigenvalue weighted by molar-refractivity contribution is 7.92. The number of benzene rings is 2. The Kier molecular flexibility index (Phi) is 6.13. The second-order valence-electron chi connectivity index (χ2n) is 5.84. The van der Waals surface area contributed by atoms with Crippen molar-refractivity contribution in [3.63, 3.8) is 0 Å². The van der Waals surface area contributed by atoms with Gasteiger partial charge in [0.1, 0.15) is 0 Å². The van der Waals surface area contributed by atoms with Crippen molar-refractivity contribution < 1.29 is 8.42 Å². The number of hydrogen-bond acceptors (Lipinski definition) is 3. The van der Waals surface area contributed by atoms with Crippen LogP contribution in [0.1, 0.15) is 25.3 Å². The molecule has 0 spiro atoms. The average molecular weight is 367 g/mol. The molecule has 0 saturated heterocycles. The first kappa shape index (κ1) is 18.6. The van der Waals surface area contributed by atoms with Gasteiger partial charge in [-0.05, 0) is 61.4 Å². The van der Waals surface area contributed by atoms with E-state index in [4.69, 9.17) is 11.6 Å². The summed E-state index contributed by atoms with van der Waals surface area (Å²) >= 11 is 5.95. The average Bonchev–Trinajstić information content (AvgIpc) is 2.55. The lowest BCUT2D eigenvalue weighted by Gasteiger charge is -2.19. The van der Waals surface area contributed by atoms with Crippen LogP contribution in [0.25, 0.3) is 0 Å². The van der Waals surface area contributed by atoms with Crippen molar-refractivity contribution in [1.82, 2.24) is 0 Å². The summed E-state index contributed by atoms with van der Waals surface area (Å²) in [5, 5.41) is 0.549. The van der Waals surface area contributed by atoms with Crippen LogP contribution in [0, 0.1) is 6.92 Å². The molecule has 0 aromatic heterocycles. The molecule has 2 aromatic carbocycles. The summed E-state index contributed by atoms with van der Waals surface area (Å²) in [5.41, 5.74) is 2.33. The summed E-state index contributed by atoms with van der Waals surface area (Å²) in [7, 11) is -1.59. The van der Waals surface area contributed by atoms with E-state index in [0.29, 0.717) is 10.7 Å². The van der Waals surface area contributed by atoms with Crippen molar-refractivity contribution in [1.29, 1.82) is 0 Å². The van der Waals surface area contributed by atoms with Gasteiger partial charge in [-0.25, -0.2) is 8.42 Å². The Hall–Kier alpha value is -1.72. The van der Waals surface area contributed by atoms with Crippen LogP contribution in [-0.4, -0.2) is 22.0 Å². The number of anilines is 2. The molecule has 130 valence electrons. The van der Waals surface area contributed by atoms with Crippen LogP contribution in [-0.2, 0) is 10.0 Å². The topological polar surface area (TPSA) is 49.4 Å². The lowest BCUT2D eigenvalue weighted by molar-refractivity contribution is 0.601. The molecule has 0 saturated carbocycles. The lowest BCUT2D eigenvalue weighted by atomic mass is 10.2. The van der Waals surface area contributed by atoms with Gasteiger partial charge in [-0.2, -0.15) is 0 Å². The molecule has 2 aromatic rings. The fourth-order valence-electron chi connectivity index (χ4n) is 2.31. The lowest BCUT2D eigenvalue weighted by Crippen LogP contribution is -2.18. The van der Waals surface area contributed by atoms with Gasteiger partial charge < -0.3 is 4.90 Å². The van der Waals surface area contributed by atoms with E-state index in [-0.39, 0.29) is 4.90 Å². The largest absolute Gasteiger partial charge is 0.375 e. The van der Waals surface area contributed by atoms with Gasteiger partial charge in [-0.15, -0.1) is 0 Å². The van der Waals surface area contributed by atoms with E-state index < -0.39 is 10.0 Å².